The second-order valence-electron chi connectivity index (χ2n) is 4.85. The zero-order chi connectivity index (χ0) is 12.9. The number of ether oxygens (including phenoxy) is 1. The number of carbonyl (C=O) groups is 1. The first-order chi connectivity index (χ1) is 7.92. The molecule has 1 amide bonds. The summed E-state index contributed by atoms with van der Waals surface area (Å²) in [7, 11) is 0. The fraction of sp³-hybridized carbons (Fsp3) is 0.462. The second kappa shape index (κ2) is 7.24. The molecule has 4 nitrogen and oxygen atoms in total. The highest BCUT2D eigenvalue weighted by atomic mass is 35.5. The third kappa shape index (κ3) is 5.89. The first-order valence-corrected chi connectivity index (χ1v) is 5.67. The highest BCUT2D eigenvalue weighted by Gasteiger charge is 2.19. The van der Waals surface area contributed by atoms with Crippen molar-refractivity contribution in [3.05, 3.63) is 35.9 Å². The number of halogens is 1. The lowest BCUT2D eigenvalue weighted by molar-refractivity contribution is 0.0505. The standard InChI is InChI=1S/C13H20N2O2.ClH/c1-13(2,3)17-12(16)15-11(9-14)10-7-5-4-6-8-10;/h4-8,11H,9,14H2,1-3H3,(H,15,16);1H/t11-;/m0./s1. The molecule has 0 saturated carbocycles. The Kier molecular flexibility index (Phi) is 6.73. The topological polar surface area (TPSA) is 64.3 Å². The molecule has 0 unspecified atom stereocenters. The Morgan fingerprint density at radius 1 is 1.33 bits per heavy atom. The summed E-state index contributed by atoms with van der Waals surface area (Å²) in [5, 5.41) is 2.75. The van der Waals surface area contributed by atoms with Gasteiger partial charge in [0.15, 0.2) is 0 Å². The van der Waals surface area contributed by atoms with Crippen molar-refractivity contribution in [1.29, 1.82) is 0 Å². The fourth-order valence-electron chi connectivity index (χ4n) is 1.41. The van der Waals surface area contributed by atoms with E-state index in [0.29, 0.717) is 6.54 Å². The van der Waals surface area contributed by atoms with E-state index >= 15 is 0 Å². The number of hydrogen-bond acceptors (Lipinski definition) is 3. The van der Waals surface area contributed by atoms with Gasteiger partial charge in [0.05, 0.1) is 6.04 Å². The van der Waals surface area contributed by atoms with Gasteiger partial charge >= 0.3 is 6.09 Å². The molecular weight excluding hydrogens is 252 g/mol. The van der Waals surface area contributed by atoms with Crippen LogP contribution in [0.2, 0.25) is 0 Å². The van der Waals surface area contributed by atoms with Crippen LogP contribution >= 0.6 is 12.4 Å². The molecule has 0 fully saturated rings. The smallest absolute Gasteiger partial charge is 0.408 e. The molecule has 0 saturated heterocycles. The Bertz CT molecular complexity index is 363. The van der Waals surface area contributed by atoms with Crippen molar-refractivity contribution in [2.24, 2.45) is 5.73 Å². The molecule has 18 heavy (non-hydrogen) atoms. The molecule has 0 aliphatic carbocycles. The van der Waals surface area contributed by atoms with E-state index in [1.54, 1.807) is 0 Å². The van der Waals surface area contributed by atoms with E-state index in [-0.39, 0.29) is 18.4 Å². The van der Waals surface area contributed by atoms with Crippen LogP contribution in [0.3, 0.4) is 0 Å². The molecule has 0 aromatic heterocycles. The molecule has 0 heterocycles. The number of nitrogens with one attached hydrogen (secondary N) is 1. The van der Waals surface area contributed by atoms with Crippen molar-refractivity contribution in [1.82, 2.24) is 5.32 Å². The summed E-state index contributed by atoms with van der Waals surface area (Å²) >= 11 is 0. The van der Waals surface area contributed by atoms with E-state index in [4.69, 9.17) is 10.5 Å². The van der Waals surface area contributed by atoms with Crippen molar-refractivity contribution in [3.8, 4) is 0 Å². The molecule has 0 aliphatic rings. The minimum Gasteiger partial charge on any atom is -0.444 e. The lowest BCUT2D eigenvalue weighted by atomic mass is 10.1. The molecule has 1 aromatic rings. The van der Waals surface area contributed by atoms with E-state index < -0.39 is 11.7 Å². The highest BCUT2D eigenvalue weighted by Crippen LogP contribution is 2.13. The maximum Gasteiger partial charge on any atom is 0.408 e. The van der Waals surface area contributed by atoms with Crippen LogP contribution in [0.15, 0.2) is 30.3 Å². The van der Waals surface area contributed by atoms with Gasteiger partial charge in [0.1, 0.15) is 5.60 Å². The van der Waals surface area contributed by atoms with Crippen LogP contribution in [0, 0.1) is 0 Å². The van der Waals surface area contributed by atoms with Crippen LogP contribution in [0.1, 0.15) is 32.4 Å². The average Bonchev–Trinajstić information content (AvgIpc) is 2.24. The Balaban J connectivity index is 0.00000289. The molecule has 1 atom stereocenters. The Morgan fingerprint density at radius 2 is 1.89 bits per heavy atom. The van der Waals surface area contributed by atoms with E-state index in [0.717, 1.165) is 5.56 Å². The number of hydrogen-bond donors (Lipinski definition) is 2. The third-order valence-corrected chi connectivity index (χ3v) is 2.13. The van der Waals surface area contributed by atoms with Gasteiger partial charge in [-0.2, -0.15) is 0 Å². The van der Waals surface area contributed by atoms with E-state index in [2.05, 4.69) is 5.32 Å². The van der Waals surface area contributed by atoms with Crippen LogP contribution in [-0.4, -0.2) is 18.2 Å². The van der Waals surface area contributed by atoms with Gasteiger partial charge < -0.3 is 15.8 Å². The lowest BCUT2D eigenvalue weighted by Crippen LogP contribution is -2.37. The highest BCUT2D eigenvalue weighted by molar-refractivity contribution is 5.85. The zero-order valence-electron chi connectivity index (χ0n) is 11.0. The maximum atomic E-state index is 11.6. The molecule has 5 heteroatoms. The van der Waals surface area contributed by atoms with Gasteiger partial charge in [0, 0.05) is 6.54 Å². The van der Waals surface area contributed by atoms with E-state index in [1.807, 2.05) is 51.1 Å². The summed E-state index contributed by atoms with van der Waals surface area (Å²) in [5.41, 5.74) is 6.12. The summed E-state index contributed by atoms with van der Waals surface area (Å²) in [6, 6.07) is 9.38. The molecule has 0 bridgehead atoms. The van der Waals surface area contributed by atoms with Crippen molar-refractivity contribution in [2.75, 3.05) is 6.54 Å². The monoisotopic (exact) mass is 272 g/mol. The molecule has 102 valence electrons. The molecule has 1 aromatic carbocycles. The molecule has 0 aliphatic heterocycles. The first kappa shape index (κ1) is 16.7. The van der Waals surface area contributed by atoms with Crippen molar-refractivity contribution in [3.63, 3.8) is 0 Å². The largest absolute Gasteiger partial charge is 0.444 e. The summed E-state index contributed by atoms with van der Waals surface area (Å²) in [5.74, 6) is 0. The molecular formula is C13H21ClN2O2. The third-order valence-electron chi connectivity index (χ3n) is 2.13. The average molecular weight is 273 g/mol. The van der Waals surface area contributed by atoms with Gasteiger partial charge in [0.25, 0.3) is 0 Å². The summed E-state index contributed by atoms with van der Waals surface area (Å²) < 4.78 is 5.19. The number of nitrogens with two attached hydrogens (primary N) is 1. The van der Waals surface area contributed by atoms with Gasteiger partial charge in [-0.3, -0.25) is 0 Å². The minimum absolute atomic E-state index is 0. The van der Waals surface area contributed by atoms with Crippen molar-refractivity contribution < 1.29 is 9.53 Å². The summed E-state index contributed by atoms with van der Waals surface area (Å²) in [6.45, 7) is 5.81. The van der Waals surface area contributed by atoms with E-state index in [1.165, 1.54) is 0 Å². The Hall–Kier alpha value is -1.26. The maximum absolute atomic E-state index is 11.6. The molecule has 1 rings (SSSR count). The number of rotatable bonds is 3. The first-order valence-electron chi connectivity index (χ1n) is 5.67. The summed E-state index contributed by atoms with van der Waals surface area (Å²) in [4.78, 5) is 11.6. The van der Waals surface area contributed by atoms with E-state index in [9.17, 15) is 4.79 Å². The number of amides is 1. The molecule has 0 radical (unpaired) electrons. The van der Waals surface area contributed by atoms with Crippen LogP contribution in [-0.2, 0) is 4.74 Å². The summed E-state index contributed by atoms with van der Waals surface area (Å²) in [6.07, 6.45) is -0.447. The minimum atomic E-state index is -0.500. The van der Waals surface area contributed by atoms with Crippen LogP contribution < -0.4 is 11.1 Å². The van der Waals surface area contributed by atoms with Crippen LogP contribution in [0.25, 0.3) is 0 Å². The number of alkyl carbamates (subject to hydrolysis) is 1. The zero-order valence-corrected chi connectivity index (χ0v) is 11.8. The second-order valence-corrected chi connectivity index (χ2v) is 4.85. The Labute approximate surface area is 114 Å². The van der Waals surface area contributed by atoms with Crippen LogP contribution in [0.4, 0.5) is 4.79 Å². The lowest BCUT2D eigenvalue weighted by Gasteiger charge is -2.23. The normalized spacial score (nSPS) is 12.2. The number of benzene rings is 1. The van der Waals surface area contributed by atoms with Gasteiger partial charge in [-0.05, 0) is 26.3 Å². The van der Waals surface area contributed by atoms with Crippen LogP contribution in [0.5, 0.6) is 0 Å². The SMILES string of the molecule is CC(C)(C)OC(=O)N[C@@H](CN)c1ccccc1.Cl. The molecule has 0 spiro atoms. The Morgan fingerprint density at radius 3 is 2.33 bits per heavy atom. The quantitative estimate of drug-likeness (QED) is 0.889. The van der Waals surface area contributed by atoms with Gasteiger partial charge in [0.2, 0.25) is 0 Å². The van der Waals surface area contributed by atoms with Gasteiger partial charge in [-0.1, -0.05) is 30.3 Å². The van der Waals surface area contributed by atoms with Gasteiger partial charge in [-0.15, -0.1) is 12.4 Å². The van der Waals surface area contributed by atoms with Crippen molar-refractivity contribution >= 4 is 18.5 Å². The predicted molar refractivity (Wildman–Crippen MR) is 74.9 cm³/mol. The van der Waals surface area contributed by atoms with Gasteiger partial charge in [-0.25, -0.2) is 4.79 Å². The predicted octanol–water partition coefficient (Wildman–Crippen LogP) is 2.63. The molecule has 3 N–H and O–H groups in total. The fourth-order valence-corrected chi connectivity index (χ4v) is 1.41. The number of carbonyl (C=O) groups excluding carboxylic acids is 1. The van der Waals surface area contributed by atoms with Crippen molar-refractivity contribution in [2.45, 2.75) is 32.4 Å².